The highest BCUT2D eigenvalue weighted by Crippen LogP contribution is 2.30. The molecule has 28 heavy (non-hydrogen) atoms. The first-order valence-corrected chi connectivity index (χ1v) is 9.72. The van der Waals surface area contributed by atoms with Gasteiger partial charge in [-0.25, -0.2) is 4.68 Å². The Hall–Kier alpha value is -2.87. The molecule has 0 spiro atoms. The SMILES string of the molecule is CCOc1ccc(OCC)c(NC(=O)c2nnn(-c3cccc(Br)c3)c2C)c1. The van der Waals surface area contributed by atoms with Crippen molar-refractivity contribution in [2.45, 2.75) is 20.8 Å². The summed E-state index contributed by atoms with van der Waals surface area (Å²) in [5.74, 6) is 0.848. The van der Waals surface area contributed by atoms with Gasteiger partial charge in [0.25, 0.3) is 5.91 Å². The zero-order chi connectivity index (χ0) is 20.1. The van der Waals surface area contributed by atoms with Crippen LogP contribution in [0.25, 0.3) is 5.69 Å². The Morgan fingerprint density at radius 1 is 1.14 bits per heavy atom. The molecule has 0 fully saturated rings. The average molecular weight is 445 g/mol. The maximum atomic E-state index is 12.8. The number of nitrogens with one attached hydrogen (secondary N) is 1. The number of hydrogen-bond acceptors (Lipinski definition) is 5. The minimum Gasteiger partial charge on any atom is -0.494 e. The number of carbonyl (C=O) groups is 1. The molecule has 0 aliphatic carbocycles. The number of hydrogen-bond donors (Lipinski definition) is 1. The number of rotatable bonds is 7. The molecule has 0 aliphatic rings. The molecule has 0 bridgehead atoms. The van der Waals surface area contributed by atoms with Gasteiger partial charge in [0.05, 0.1) is 30.3 Å². The molecule has 3 aromatic rings. The van der Waals surface area contributed by atoms with E-state index in [1.54, 1.807) is 29.8 Å². The molecule has 8 heteroatoms. The molecule has 3 rings (SSSR count). The van der Waals surface area contributed by atoms with Crippen LogP contribution in [0.2, 0.25) is 0 Å². The van der Waals surface area contributed by atoms with Crippen molar-refractivity contribution in [3.63, 3.8) is 0 Å². The Bertz CT molecular complexity index is 987. The lowest BCUT2D eigenvalue weighted by Gasteiger charge is -2.13. The van der Waals surface area contributed by atoms with Gasteiger partial charge in [0, 0.05) is 10.5 Å². The van der Waals surface area contributed by atoms with E-state index in [-0.39, 0.29) is 11.6 Å². The van der Waals surface area contributed by atoms with Gasteiger partial charge in [-0.15, -0.1) is 5.10 Å². The number of benzene rings is 2. The van der Waals surface area contributed by atoms with E-state index in [9.17, 15) is 4.79 Å². The van der Waals surface area contributed by atoms with Crippen molar-refractivity contribution in [2.24, 2.45) is 0 Å². The fourth-order valence-electron chi connectivity index (χ4n) is 2.72. The highest BCUT2D eigenvalue weighted by molar-refractivity contribution is 9.10. The molecule has 0 unspecified atom stereocenters. The number of nitrogens with zero attached hydrogens (tertiary/aromatic N) is 3. The van der Waals surface area contributed by atoms with Gasteiger partial charge in [0.2, 0.25) is 0 Å². The van der Waals surface area contributed by atoms with Gasteiger partial charge in [0.15, 0.2) is 5.69 Å². The molecule has 0 aliphatic heterocycles. The van der Waals surface area contributed by atoms with Gasteiger partial charge >= 0.3 is 0 Å². The zero-order valence-electron chi connectivity index (χ0n) is 15.9. The van der Waals surface area contributed by atoms with Crippen molar-refractivity contribution in [1.29, 1.82) is 0 Å². The molecular weight excluding hydrogens is 424 g/mol. The quantitative estimate of drug-likeness (QED) is 0.584. The summed E-state index contributed by atoms with van der Waals surface area (Å²) >= 11 is 3.44. The highest BCUT2D eigenvalue weighted by Gasteiger charge is 2.19. The summed E-state index contributed by atoms with van der Waals surface area (Å²) in [7, 11) is 0. The van der Waals surface area contributed by atoms with Gasteiger partial charge in [0.1, 0.15) is 11.5 Å². The van der Waals surface area contributed by atoms with Crippen LogP contribution in [0.15, 0.2) is 46.9 Å². The number of anilines is 1. The van der Waals surface area contributed by atoms with Gasteiger partial charge in [-0.2, -0.15) is 0 Å². The van der Waals surface area contributed by atoms with Crippen molar-refractivity contribution in [3.8, 4) is 17.2 Å². The van der Waals surface area contributed by atoms with E-state index in [4.69, 9.17) is 9.47 Å². The Balaban J connectivity index is 1.88. The molecule has 0 radical (unpaired) electrons. The lowest BCUT2D eigenvalue weighted by Crippen LogP contribution is -2.15. The molecule has 1 amide bonds. The molecular formula is C20H21BrN4O3. The van der Waals surface area contributed by atoms with Crippen LogP contribution in [0.5, 0.6) is 11.5 Å². The second-order valence-corrected chi connectivity index (χ2v) is 6.81. The van der Waals surface area contributed by atoms with Crippen LogP contribution in [0.4, 0.5) is 5.69 Å². The number of halogens is 1. The van der Waals surface area contributed by atoms with Crippen LogP contribution in [0.3, 0.4) is 0 Å². The van der Waals surface area contributed by atoms with Crippen molar-refractivity contribution in [3.05, 3.63) is 58.3 Å². The van der Waals surface area contributed by atoms with Crippen LogP contribution in [-0.4, -0.2) is 34.1 Å². The van der Waals surface area contributed by atoms with E-state index in [2.05, 4.69) is 31.6 Å². The fraction of sp³-hybridized carbons (Fsp3) is 0.250. The van der Waals surface area contributed by atoms with Crippen LogP contribution in [0.1, 0.15) is 30.0 Å². The van der Waals surface area contributed by atoms with Crippen LogP contribution in [-0.2, 0) is 0 Å². The molecule has 146 valence electrons. The van der Waals surface area contributed by atoms with E-state index in [0.717, 1.165) is 10.2 Å². The first-order valence-electron chi connectivity index (χ1n) is 8.92. The Morgan fingerprint density at radius 2 is 1.93 bits per heavy atom. The van der Waals surface area contributed by atoms with Crippen LogP contribution in [0, 0.1) is 6.92 Å². The van der Waals surface area contributed by atoms with E-state index in [1.165, 1.54) is 0 Å². The standard InChI is InChI=1S/C20H21BrN4O3/c1-4-27-16-9-10-18(28-5-2)17(12-16)22-20(26)19-13(3)25(24-23-19)15-8-6-7-14(21)11-15/h6-12H,4-5H2,1-3H3,(H,22,26). The second-order valence-electron chi connectivity index (χ2n) is 5.89. The van der Waals surface area contributed by atoms with Crippen molar-refractivity contribution < 1.29 is 14.3 Å². The third-order valence-electron chi connectivity index (χ3n) is 3.97. The predicted molar refractivity (Wildman–Crippen MR) is 111 cm³/mol. The molecule has 1 heterocycles. The summed E-state index contributed by atoms with van der Waals surface area (Å²) in [6.07, 6.45) is 0. The average Bonchev–Trinajstić information content (AvgIpc) is 3.06. The smallest absolute Gasteiger partial charge is 0.278 e. The normalized spacial score (nSPS) is 10.6. The van der Waals surface area contributed by atoms with E-state index in [0.29, 0.717) is 36.1 Å². The fourth-order valence-corrected chi connectivity index (χ4v) is 3.11. The van der Waals surface area contributed by atoms with Crippen LogP contribution < -0.4 is 14.8 Å². The molecule has 0 saturated carbocycles. The van der Waals surface area contributed by atoms with Crippen LogP contribution >= 0.6 is 15.9 Å². The third kappa shape index (κ3) is 4.33. The molecule has 1 N–H and O–H groups in total. The maximum absolute atomic E-state index is 12.8. The predicted octanol–water partition coefficient (Wildman–Crippen LogP) is 4.39. The van der Waals surface area contributed by atoms with E-state index in [1.807, 2.05) is 38.1 Å². The van der Waals surface area contributed by atoms with Gasteiger partial charge in [-0.1, -0.05) is 27.2 Å². The maximum Gasteiger partial charge on any atom is 0.278 e. The van der Waals surface area contributed by atoms with Gasteiger partial charge < -0.3 is 14.8 Å². The molecule has 0 saturated heterocycles. The molecule has 2 aromatic carbocycles. The number of aromatic nitrogens is 3. The molecule has 7 nitrogen and oxygen atoms in total. The molecule has 1 aromatic heterocycles. The minimum atomic E-state index is -0.367. The number of amides is 1. The summed E-state index contributed by atoms with van der Waals surface area (Å²) in [5, 5.41) is 11.0. The van der Waals surface area contributed by atoms with Crippen molar-refractivity contribution in [2.75, 3.05) is 18.5 Å². The summed E-state index contributed by atoms with van der Waals surface area (Å²) in [5.41, 5.74) is 2.21. The van der Waals surface area contributed by atoms with E-state index < -0.39 is 0 Å². The van der Waals surface area contributed by atoms with Gasteiger partial charge in [-0.3, -0.25) is 4.79 Å². The van der Waals surface area contributed by atoms with E-state index >= 15 is 0 Å². The first kappa shape index (κ1) is 19.9. The summed E-state index contributed by atoms with van der Waals surface area (Å²) in [4.78, 5) is 12.8. The topological polar surface area (TPSA) is 78.3 Å². The number of carbonyl (C=O) groups excluding carboxylic acids is 1. The van der Waals surface area contributed by atoms with Crippen molar-refractivity contribution >= 4 is 27.5 Å². The Kier molecular flexibility index (Phi) is 6.30. The highest BCUT2D eigenvalue weighted by atomic mass is 79.9. The summed E-state index contributed by atoms with van der Waals surface area (Å²) in [6, 6.07) is 12.9. The lowest BCUT2D eigenvalue weighted by atomic mass is 10.2. The van der Waals surface area contributed by atoms with Gasteiger partial charge in [-0.05, 0) is 51.1 Å². The monoisotopic (exact) mass is 444 g/mol. The first-order chi connectivity index (χ1) is 13.5. The zero-order valence-corrected chi connectivity index (χ0v) is 17.5. The Labute approximate surface area is 171 Å². The minimum absolute atomic E-state index is 0.240. The lowest BCUT2D eigenvalue weighted by molar-refractivity contribution is 0.102. The number of ether oxygens (including phenoxy) is 2. The van der Waals surface area contributed by atoms with Crippen molar-refractivity contribution in [1.82, 2.24) is 15.0 Å². The Morgan fingerprint density at radius 3 is 2.64 bits per heavy atom. The summed E-state index contributed by atoms with van der Waals surface area (Å²) < 4.78 is 13.7. The summed E-state index contributed by atoms with van der Waals surface area (Å²) in [6.45, 7) is 6.60. The second kappa shape index (κ2) is 8.88. The molecule has 0 atom stereocenters. The largest absolute Gasteiger partial charge is 0.494 e. The third-order valence-corrected chi connectivity index (χ3v) is 4.47.